The van der Waals surface area contributed by atoms with Gasteiger partial charge in [0.25, 0.3) is 0 Å². The smallest absolute Gasteiger partial charge is 0.222 e. The molecule has 0 bridgehead atoms. The third-order valence-electron chi connectivity index (χ3n) is 4.33. The maximum Gasteiger partial charge on any atom is 0.222 e. The third-order valence-corrected chi connectivity index (χ3v) is 4.33. The SMILES string of the molecule is C=CCNC(=O)C[C@H](C)CC(=O)N1CCN(c2ccccc2F)CC1. The number of carbonyl (C=O) groups excluding carboxylic acids is 2. The minimum absolute atomic E-state index is 0.0121. The quantitative estimate of drug-likeness (QED) is 0.770. The average molecular weight is 347 g/mol. The van der Waals surface area contributed by atoms with Crippen LogP contribution in [0.1, 0.15) is 19.8 Å². The fourth-order valence-corrected chi connectivity index (χ4v) is 2.98. The van der Waals surface area contributed by atoms with Crippen LogP contribution in [-0.4, -0.2) is 49.4 Å². The fraction of sp³-hybridized carbons (Fsp3) is 0.474. The van der Waals surface area contributed by atoms with Crippen molar-refractivity contribution in [1.82, 2.24) is 10.2 Å². The van der Waals surface area contributed by atoms with Crippen LogP contribution in [0.2, 0.25) is 0 Å². The standard InChI is InChI=1S/C19H26FN3O2/c1-3-8-21-18(24)13-15(2)14-19(25)23-11-9-22(10-12-23)17-7-5-4-6-16(17)20/h3-7,15H,1,8-14H2,2H3,(H,21,24)/t15-/m0/s1. The summed E-state index contributed by atoms with van der Waals surface area (Å²) >= 11 is 0. The van der Waals surface area contributed by atoms with Gasteiger partial charge in [-0.3, -0.25) is 9.59 Å². The molecule has 0 aromatic heterocycles. The molecule has 6 heteroatoms. The normalized spacial score (nSPS) is 15.6. The maximum atomic E-state index is 13.8. The molecule has 1 aromatic rings. The molecule has 0 saturated carbocycles. The number of para-hydroxylation sites is 1. The molecule has 1 fully saturated rings. The zero-order valence-corrected chi connectivity index (χ0v) is 14.7. The molecule has 1 N–H and O–H groups in total. The van der Waals surface area contributed by atoms with Gasteiger partial charge in [-0.15, -0.1) is 6.58 Å². The maximum absolute atomic E-state index is 13.8. The van der Waals surface area contributed by atoms with Gasteiger partial charge >= 0.3 is 0 Å². The van der Waals surface area contributed by atoms with Gasteiger partial charge in [0.1, 0.15) is 5.82 Å². The number of carbonyl (C=O) groups is 2. The van der Waals surface area contributed by atoms with E-state index in [1.165, 1.54) is 6.07 Å². The van der Waals surface area contributed by atoms with Gasteiger partial charge in [-0.25, -0.2) is 4.39 Å². The molecule has 25 heavy (non-hydrogen) atoms. The van der Waals surface area contributed by atoms with E-state index < -0.39 is 0 Å². The minimum atomic E-state index is -0.235. The van der Waals surface area contributed by atoms with Crippen molar-refractivity contribution in [2.24, 2.45) is 5.92 Å². The van der Waals surface area contributed by atoms with Gasteiger partial charge in [0.15, 0.2) is 0 Å². The zero-order valence-electron chi connectivity index (χ0n) is 14.7. The lowest BCUT2D eigenvalue weighted by Crippen LogP contribution is -2.49. The van der Waals surface area contributed by atoms with Crippen molar-refractivity contribution in [1.29, 1.82) is 0 Å². The van der Waals surface area contributed by atoms with E-state index in [0.29, 0.717) is 51.3 Å². The molecule has 1 atom stereocenters. The van der Waals surface area contributed by atoms with Crippen molar-refractivity contribution in [3.05, 3.63) is 42.7 Å². The van der Waals surface area contributed by atoms with Crippen LogP contribution in [0.4, 0.5) is 10.1 Å². The summed E-state index contributed by atoms with van der Waals surface area (Å²) in [6.07, 6.45) is 2.30. The molecule has 1 heterocycles. The Balaban J connectivity index is 1.78. The van der Waals surface area contributed by atoms with Crippen molar-refractivity contribution < 1.29 is 14.0 Å². The highest BCUT2D eigenvalue weighted by atomic mass is 19.1. The summed E-state index contributed by atoms with van der Waals surface area (Å²) in [7, 11) is 0. The first-order valence-electron chi connectivity index (χ1n) is 8.66. The molecule has 1 aliphatic heterocycles. The lowest BCUT2D eigenvalue weighted by molar-refractivity contribution is -0.132. The lowest BCUT2D eigenvalue weighted by atomic mass is 10.0. The van der Waals surface area contributed by atoms with E-state index >= 15 is 0 Å². The molecule has 1 aliphatic rings. The van der Waals surface area contributed by atoms with Crippen molar-refractivity contribution in [2.75, 3.05) is 37.6 Å². The van der Waals surface area contributed by atoms with Crippen LogP contribution >= 0.6 is 0 Å². The van der Waals surface area contributed by atoms with Crippen LogP contribution < -0.4 is 10.2 Å². The summed E-state index contributed by atoms with van der Waals surface area (Å²) in [6, 6.07) is 6.70. The Morgan fingerprint density at radius 1 is 1.24 bits per heavy atom. The van der Waals surface area contributed by atoms with Crippen molar-refractivity contribution >= 4 is 17.5 Å². The van der Waals surface area contributed by atoms with E-state index in [0.717, 1.165) is 0 Å². The number of benzene rings is 1. The van der Waals surface area contributed by atoms with E-state index in [9.17, 15) is 14.0 Å². The van der Waals surface area contributed by atoms with Crippen molar-refractivity contribution in [3.8, 4) is 0 Å². The van der Waals surface area contributed by atoms with Gasteiger partial charge in [-0.2, -0.15) is 0 Å². The monoisotopic (exact) mass is 347 g/mol. The molecule has 0 spiro atoms. The van der Waals surface area contributed by atoms with Crippen LogP contribution in [0.15, 0.2) is 36.9 Å². The van der Waals surface area contributed by atoms with Crippen LogP contribution in [0.3, 0.4) is 0 Å². The Hall–Kier alpha value is -2.37. The van der Waals surface area contributed by atoms with Gasteiger partial charge in [-0.1, -0.05) is 25.1 Å². The second kappa shape index (κ2) is 9.20. The van der Waals surface area contributed by atoms with Crippen LogP contribution in [0.25, 0.3) is 0 Å². The van der Waals surface area contributed by atoms with Gasteiger partial charge in [0.2, 0.25) is 11.8 Å². The second-order valence-electron chi connectivity index (χ2n) is 6.43. The van der Waals surface area contributed by atoms with Crippen molar-refractivity contribution in [3.63, 3.8) is 0 Å². The van der Waals surface area contributed by atoms with E-state index in [4.69, 9.17) is 0 Å². The molecule has 0 radical (unpaired) electrons. The summed E-state index contributed by atoms with van der Waals surface area (Å²) in [5, 5.41) is 2.72. The van der Waals surface area contributed by atoms with E-state index in [1.807, 2.05) is 17.9 Å². The number of nitrogens with one attached hydrogen (secondary N) is 1. The molecule has 5 nitrogen and oxygen atoms in total. The molecule has 2 amide bonds. The van der Waals surface area contributed by atoms with Crippen LogP contribution in [0, 0.1) is 11.7 Å². The summed E-state index contributed by atoms with van der Waals surface area (Å²) < 4.78 is 13.8. The highest BCUT2D eigenvalue weighted by molar-refractivity contribution is 5.79. The molecule has 1 saturated heterocycles. The molecule has 136 valence electrons. The van der Waals surface area contributed by atoms with Crippen LogP contribution in [0.5, 0.6) is 0 Å². The summed E-state index contributed by atoms with van der Waals surface area (Å²) in [6.45, 7) is 8.27. The molecular weight excluding hydrogens is 321 g/mol. The number of halogens is 1. The largest absolute Gasteiger partial charge is 0.366 e. The van der Waals surface area contributed by atoms with Crippen molar-refractivity contribution in [2.45, 2.75) is 19.8 Å². The van der Waals surface area contributed by atoms with Gasteiger partial charge in [0.05, 0.1) is 5.69 Å². The number of rotatable bonds is 7. The Morgan fingerprint density at radius 2 is 1.92 bits per heavy atom. The number of nitrogens with zero attached hydrogens (tertiary/aromatic N) is 2. The Morgan fingerprint density at radius 3 is 2.56 bits per heavy atom. The lowest BCUT2D eigenvalue weighted by Gasteiger charge is -2.36. The zero-order chi connectivity index (χ0) is 18.2. The first-order chi connectivity index (χ1) is 12.0. The number of amides is 2. The predicted octanol–water partition coefficient (Wildman–Crippen LogP) is 2.19. The fourth-order valence-electron chi connectivity index (χ4n) is 2.98. The summed E-state index contributed by atoms with van der Waals surface area (Å²) in [5.74, 6) is -0.259. The van der Waals surface area contributed by atoms with Crippen LogP contribution in [-0.2, 0) is 9.59 Å². The molecule has 0 unspecified atom stereocenters. The third kappa shape index (κ3) is 5.59. The number of hydrogen-bond acceptors (Lipinski definition) is 3. The molecule has 0 aliphatic carbocycles. The van der Waals surface area contributed by atoms with E-state index in [-0.39, 0.29) is 23.5 Å². The summed E-state index contributed by atoms with van der Waals surface area (Å²) in [4.78, 5) is 27.8. The van der Waals surface area contributed by atoms with E-state index in [1.54, 1.807) is 23.1 Å². The predicted molar refractivity (Wildman–Crippen MR) is 96.8 cm³/mol. The molecular formula is C19H26FN3O2. The Labute approximate surface area is 148 Å². The van der Waals surface area contributed by atoms with E-state index in [2.05, 4.69) is 11.9 Å². The van der Waals surface area contributed by atoms with Gasteiger partial charge in [0, 0.05) is 45.6 Å². The summed E-state index contributed by atoms with van der Waals surface area (Å²) in [5.41, 5.74) is 0.585. The number of hydrogen-bond donors (Lipinski definition) is 1. The second-order valence-corrected chi connectivity index (χ2v) is 6.43. The Bertz CT molecular complexity index is 612. The minimum Gasteiger partial charge on any atom is -0.366 e. The molecule has 2 rings (SSSR count). The topological polar surface area (TPSA) is 52.7 Å². The van der Waals surface area contributed by atoms with Gasteiger partial charge < -0.3 is 15.1 Å². The average Bonchev–Trinajstić information content (AvgIpc) is 2.60. The number of piperazine rings is 1. The Kier molecular flexibility index (Phi) is 6.98. The highest BCUT2D eigenvalue weighted by Gasteiger charge is 2.24. The first kappa shape index (κ1) is 19.0. The molecule has 1 aromatic carbocycles. The first-order valence-corrected chi connectivity index (χ1v) is 8.66. The number of anilines is 1. The highest BCUT2D eigenvalue weighted by Crippen LogP contribution is 2.20. The van der Waals surface area contributed by atoms with Gasteiger partial charge in [-0.05, 0) is 18.1 Å².